The Kier molecular flexibility index (Phi) is 4.41. The number of carbonyl (C=O) groups excluding carboxylic acids is 1. The van der Waals surface area contributed by atoms with Gasteiger partial charge in [-0.2, -0.15) is 5.10 Å². The summed E-state index contributed by atoms with van der Waals surface area (Å²) in [4.78, 5) is 16.6. The molecule has 0 spiro atoms. The van der Waals surface area contributed by atoms with Crippen molar-refractivity contribution in [1.82, 2.24) is 15.1 Å². The molecule has 0 aliphatic carbocycles. The molecule has 0 N–H and O–H groups in total. The molecule has 0 atom stereocenters. The Balaban J connectivity index is 1.61. The number of hydrogen-bond donors (Lipinski definition) is 0. The minimum absolute atomic E-state index is 0.0577. The zero-order chi connectivity index (χ0) is 16.2. The van der Waals surface area contributed by atoms with Gasteiger partial charge in [0.05, 0.1) is 12.8 Å². The molecule has 6 heteroatoms. The van der Waals surface area contributed by atoms with Crippen LogP contribution in [0.3, 0.4) is 0 Å². The Morgan fingerprint density at radius 1 is 1.00 bits per heavy atom. The number of nitrogens with zero attached hydrogens (tertiary/aromatic N) is 4. The summed E-state index contributed by atoms with van der Waals surface area (Å²) < 4.78 is 5.12. The van der Waals surface area contributed by atoms with Crippen molar-refractivity contribution in [2.24, 2.45) is 0 Å². The molecule has 1 fully saturated rings. The van der Waals surface area contributed by atoms with Crippen molar-refractivity contribution in [3.63, 3.8) is 0 Å². The van der Waals surface area contributed by atoms with Gasteiger partial charge < -0.3 is 14.5 Å². The highest BCUT2D eigenvalue weighted by atomic mass is 16.5. The second-order valence-corrected chi connectivity index (χ2v) is 5.54. The summed E-state index contributed by atoms with van der Waals surface area (Å²) in [5.74, 6) is 1.68. The molecule has 0 unspecified atom stereocenters. The van der Waals surface area contributed by atoms with Crippen LogP contribution in [0.15, 0.2) is 36.4 Å². The zero-order valence-corrected chi connectivity index (χ0v) is 13.4. The molecule has 0 bridgehead atoms. The Labute approximate surface area is 135 Å². The predicted octanol–water partition coefficient (Wildman–Crippen LogP) is 1.76. The van der Waals surface area contributed by atoms with Crippen LogP contribution in [-0.2, 0) is 0 Å². The van der Waals surface area contributed by atoms with Crippen LogP contribution < -0.4 is 9.64 Å². The average Bonchev–Trinajstić information content (AvgIpc) is 2.62. The van der Waals surface area contributed by atoms with E-state index in [9.17, 15) is 4.79 Å². The molecule has 0 saturated carbocycles. The molecule has 23 heavy (non-hydrogen) atoms. The Bertz CT molecular complexity index is 662. The minimum Gasteiger partial charge on any atom is -0.497 e. The third kappa shape index (κ3) is 3.41. The molecule has 2 aromatic rings. The van der Waals surface area contributed by atoms with Crippen LogP contribution in [0.5, 0.6) is 5.75 Å². The number of anilines is 1. The number of piperazine rings is 1. The van der Waals surface area contributed by atoms with Crippen molar-refractivity contribution in [2.45, 2.75) is 6.92 Å². The molecular weight excluding hydrogens is 292 g/mol. The summed E-state index contributed by atoms with van der Waals surface area (Å²) in [5.41, 5.74) is 1.59. The van der Waals surface area contributed by atoms with Crippen LogP contribution >= 0.6 is 0 Å². The quantitative estimate of drug-likeness (QED) is 0.864. The Morgan fingerprint density at radius 3 is 2.26 bits per heavy atom. The number of rotatable bonds is 3. The molecule has 1 aliphatic rings. The largest absolute Gasteiger partial charge is 0.497 e. The number of ether oxygens (including phenoxy) is 1. The van der Waals surface area contributed by atoms with Gasteiger partial charge in [0.2, 0.25) is 0 Å². The van der Waals surface area contributed by atoms with Gasteiger partial charge in [-0.25, -0.2) is 0 Å². The van der Waals surface area contributed by atoms with E-state index in [-0.39, 0.29) is 5.91 Å². The summed E-state index contributed by atoms with van der Waals surface area (Å²) in [7, 11) is 1.62. The van der Waals surface area contributed by atoms with Gasteiger partial charge >= 0.3 is 0 Å². The summed E-state index contributed by atoms with van der Waals surface area (Å²) in [6.45, 7) is 4.81. The van der Waals surface area contributed by atoms with E-state index in [2.05, 4.69) is 15.1 Å². The van der Waals surface area contributed by atoms with Crippen LogP contribution in [0.25, 0.3) is 0 Å². The zero-order valence-electron chi connectivity index (χ0n) is 13.4. The lowest BCUT2D eigenvalue weighted by molar-refractivity contribution is 0.0746. The lowest BCUT2D eigenvalue weighted by Gasteiger charge is -2.35. The van der Waals surface area contributed by atoms with E-state index in [1.54, 1.807) is 19.2 Å². The summed E-state index contributed by atoms with van der Waals surface area (Å²) in [6.07, 6.45) is 0. The van der Waals surface area contributed by atoms with Gasteiger partial charge in [0.1, 0.15) is 5.75 Å². The number of aryl methyl sites for hydroxylation is 1. The SMILES string of the molecule is COc1ccc(C(=O)N2CCN(c3ccc(C)nn3)CC2)cc1. The fourth-order valence-electron chi connectivity index (χ4n) is 2.62. The highest BCUT2D eigenvalue weighted by molar-refractivity contribution is 5.94. The third-order valence-electron chi connectivity index (χ3n) is 4.01. The van der Waals surface area contributed by atoms with Crippen molar-refractivity contribution in [2.75, 3.05) is 38.2 Å². The van der Waals surface area contributed by atoms with E-state index in [1.165, 1.54) is 0 Å². The van der Waals surface area contributed by atoms with Gasteiger partial charge in [0.15, 0.2) is 5.82 Å². The lowest BCUT2D eigenvalue weighted by Crippen LogP contribution is -2.49. The fourth-order valence-corrected chi connectivity index (χ4v) is 2.62. The van der Waals surface area contributed by atoms with E-state index in [4.69, 9.17) is 4.74 Å². The first-order valence-electron chi connectivity index (χ1n) is 7.66. The van der Waals surface area contributed by atoms with Gasteiger partial charge in [-0.1, -0.05) is 0 Å². The number of carbonyl (C=O) groups is 1. The maximum absolute atomic E-state index is 12.5. The second kappa shape index (κ2) is 6.64. The molecule has 3 rings (SSSR count). The fraction of sp³-hybridized carbons (Fsp3) is 0.353. The van der Waals surface area contributed by atoms with Gasteiger partial charge in [0, 0.05) is 31.7 Å². The molecule has 2 heterocycles. The van der Waals surface area contributed by atoms with Crippen molar-refractivity contribution < 1.29 is 9.53 Å². The normalized spacial score (nSPS) is 14.7. The second-order valence-electron chi connectivity index (χ2n) is 5.54. The van der Waals surface area contributed by atoms with E-state index < -0.39 is 0 Å². The summed E-state index contributed by atoms with van der Waals surface area (Å²) in [5, 5.41) is 8.30. The van der Waals surface area contributed by atoms with Crippen molar-refractivity contribution in [3.05, 3.63) is 47.7 Å². The molecule has 1 aromatic carbocycles. The number of methoxy groups -OCH3 is 1. The van der Waals surface area contributed by atoms with Gasteiger partial charge in [-0.05, 0) is 43.3 Å². The smallest absolute Gasteiger partial charge is 0.253 e. The first kappa shape index (κ1) is 15.3. The number of hydrogen-bond acceptors (Lipinski definition) is 5. The lowest BCUT2D eigenvalue weighted by atomic mass is 10.1. The maximum atomic E-state index is 12.5. The van der Waals surface area contributed by atoms with E-state index in [1.807, 2.05) is 36.1 Å². The highest BCUT2D eigenvalue weighted by Crippen LogP contribution is 2.16. The number of aromatic nitrogens is 2. The number of benzene rings is 1. The molecule has 6 nitrogen and oxygen atoms in total. The van der Waals surface area contributed by atoms with Crippen LogP contribution in [0, 0.1) is 6.92 Å². The summed E-state index contributed by atoms with van der Waals surface area (Å²) >= 11 is 0. The van der Waals surface area contributed by atoms with E-state index in [0.717, 1.165) is 30.4 Å². The van der Waals surface area contributed by atoms with Crippen LogP contribution in [0.1, 0.15) is 16.1 Å². The molecule has 1 aromatic heterocycles. The molecule has 0 radical (unpaired) electrons. The molecule has 1 amide bonds. The van der Waals surface area contributed by atoms with Crippen molar-refractivity contribution in [3.8, 4) is 5.75 Å². The highest BCUT2D eigenvalue weighted by Gasteiger charge is 2.23. The standard InChI is InChI=1S/C17H20N4O2/c1-13-3-8-16(19-18-13)20-9-11-21(12-10-20)17(22)14-4-6-15(23-2)7-5-14/h3-8H,9-12H2,1-2H3. The van der Waals surface area contributed by atoms with Gasteiger partial charge in [-0.15, -0.1) is 5.10 Å². The topological polar surface area (TPSA) is 58.6 Å². The van der Waals surface area contributed by atoms with Crippen molar-refractivity contribution in [1.29, 1.82) is 0 Å². The molecule has 1 aliphatic heterocycles. The van der Waals surface area contributed by atoms with Crippen LogP contribution in [0.4, 0.5) is 5.82 Å². The predicted molar refractivity (Wildman–Crippen MR) is 87.9 cm³/mol. The monoisotopic (exact) mass is 312 g/mol. The number of amides is 1. The first-order chi connectivity index (χ1) is 11.2. The third-order valence-corrected chi connectivity index (χ3v) is 4.01. The van der Waals surface area contributed by atoms with E-state index >= 15 is 0 Å². The minimum atomic E-state index is 0.0577. The van der Waals surface area contributed by atoms with Gasteiger partial charge in [-0.3, -0.25) is 4.79 Å². The van der Waals surface area contributed by atoms with Crippen molar-refractivity contribution >= 4 is 11.7 Å². The molecule has 1 saturated heterocycles. The van der Waals surface area contributed by atoms with E-state index in [0.29, 0.717) is 18.7 Å². The van der Waals surface area contributed by atoms with Crippen LogP contribution in [-0.4, -0.2) is 54.3 Å². The molecular formula is C17H20N4O2. The summed E-state index contributed by atoms with van der Waals surface area (Å²) in [6, 6.07) is 11.2. The average molecular weight is 312 g/mol. The Hall–Kier alpha value is -2.63. The van der Waals surface area contributed by atoms with Crippen LogP contribution in [0.2, 0.25) is 0 Å². The first-order valence-corrected chi connectivity index (χ1v) is 7.66. The molecule has 120 valence electrons. The van der Waals surface area contributed by atoms with Gasteiger partial charge in [0.25, 0.3) is 5.91 Å². The Morgan fingerprint density at radius 2 is 1.70 bits per heavy atom. The maximum Gasteiger partial charge on any atom is 0.253 e.